The zero-order valence-corrected chi connectivity index (χ0v) is 8.59. The van der Waals surface area contributed by atoms with Crippen molar-refractivity contribution in [3.05, 3.63) is 24.3 Å². The van der Waals surface area contributed by atoms with Crippen LogP contribution in [-0.2, 0) is 9.53 Å². The summed E-state index contributed by atoms with van der Waals surface area (Å²) in [5.41, 5.74) is 0. The summed E-state index contributed by atoms with van der Waals surface area (Å²) in [6.45, 7) is 2.20. The zero-order valence-electron chi connectivity index (χ0n) is 7.83. The predicted molar refractivity (Wildman–Crippen MR) is 54.9 cm³/mol. The lowest BCUT2D eigenvalue weighted by Gasteiger charge is -1.92. The molecule has 0 saturated heterocycles. The molecule has 0 atom stereocenters. The summed E-state index contributed by atoms with van der Waals surface area (Å²) < 4.78 is 4.69. The molecule has 0 spiro atoms. The molecular formula is C10H15ClO2. The van der Waals surface area contributed by atoms with Crippen LogP contribution in [0, 0.1) is 0 Å². The molecule has 0 aromatic heterocycles. The summed E-state index contributed by atoms with van der Waals surface area (Å²) >= 11 is 5.48. The first-order chi connectivity index (χ1) is 6.31. The van der Waals surface area contributed by atoms with Gasteiger partial charge in [-0.3, -0.25) is 0 Å². The van der Waals surface area contributed by atoms with E-state index in [2.05, 4.69) is 4.74 Å². The molecule has 0 aliphatic heterocycles. The van der Waals surface area contributed by atoms with Crippen LogP contribution in [0.1, 0.15) is 19.8 Å². The Morgan fingerprint density at radius 3 is 2.85 bits per heavy atom. The number of ether oxygens (including phenoxy) is 1. The SMILES string of the molecule is CCOC(=O)/C=C/C=C/CCCCl. The molecule has 0 heterocycles. The van der Waals surface area contributed by atoms with Gasteiger partial charge in [-0.25, -0.2) is 4.79 Å². The maximum Gasteiger partial charge on any atom is 0.330 e. The number of carbonyl (C=O) groups is 1. The van der Waals surface area contributed by atoms with Crippen LogP contribution >= 0.6 is 11.6 Å². The molecule has 0 aliphatic rings. The third-order valence-electron chi connectivity index (χ3n) is 1.27. The Morgan fingerprint density at radius 1 is 1.46 bits per heavy atom. The highest BCUT2D eigenvalue weighted by Crippen LogP contribution is 1.93. The minimum Gasteiger partial charge on any atom is -0.463 e. The standard InChI is InChI=1S/C10H15ClO2/c1-2-13-10(12)8-6-4-3-5-7-9-11/h3-4,6,8H,2,5,7,9H2,1H3/b4-3+,8-6+. The van der Waals surface area contributed by atoms with Gasteiger partial charge in [0.25, 0.3) is 0 Å². The summed E-state index contributed by atoms with van der Waals surface area (Å²) in [5, 5.41) is 0. The molecule has 0 N–H and O–H groups in total. The first kappa shape index (κ1) is 12.2. The molecule has 0 aromatic rings. The van der Waals surface area contributed by atoms with Gasteiger partial charge in [0.05, 0.1) is 6.61 Å². The Kier molecular flexibility index (Phi) is 8.78. The highest BCUT2D eigenvalue weighted by Gasteiger charge is 1.89. The lowest BCUT2D eigenvalue weighted by molar-refractivity contribution is -0.137. The van der Waals surface area contributed by atoms with E-state index >= 15 is 0 Å². The molecule has 0 bridgehead atoms. The largest absolute Gasteiger partial charge is 0.463 e. The van der Waals surface area contributed by atoms with Gasteiger partial charge in [0, 0.05) is 12.0 Å². The molecule has 2 nitrogen and oxygen atoms in total. The Bertz CT molecular complexity index is 185. The third-order valence-corrected chi connectivity index (χ3v) is 1.54. The van der Waals surface area contributed by atoms with E-state index in [9.17, 15) is 4.79 Å². The molecule has 0 amide bonds. The van der Waals surface area contributed by atoms with Gasteiger partial charge in [0.1, 0.15) is 0 Å². The first-order valence-corrected chi connectivity index (χ1v) is 4.90. The summed E-state index contributed by atoms with van der Waals surface area (Å²) in [6.07, 6.45) is 8.77. The molecule has 0 saturated carbocycles. The van der Waals surface area contributed by atoms with Crippen molar-refractivity contribution in [1.82, 2.24) is 0 Å². The van der Waals surface area contributed by atoms with Crippen molar-refractivity contribution in [2.75, 3.05) is 12.5 Å². The van der Waals surface area contributed by atoms with Gasteiger partial charge in [-0.1, -0.05) is 18.2 Å². The fraction of sp³-hybridized carbons (Fsp3) is 0.500. The van der Waals surface area contributed by atoms with Crippen LogP contribution in [0.3, 0.4) is 0 Å². The molecule has 13 heavy (non-hydrogen) atoms. The molecule has 0 aliphatic carbocycles. The van der Waals surface area contributed by atoms with Gasteiger partial charge in [-0.05, 0) is 19.8 Å². The van der Waals surface area contributed by atoms with Crippen molar-refractivity contribution in [2.24, 2.45) is 0 Å². The Balaban J connectivity index is 3.49. The number of rotatable bonds is 6. The van der Waals surface area contributed by atoms with Gasteiger partial charge >= 0.3 is 5.97 Å². The summed E-state index contributed by atoms with van der Waals surface area (Å²) in [5.74, 6) is 0.371. The highest BCUT2D eigenvalue weighted by atomic mass is 35.5. The van der Waals surface area contributed by atoms with Crippen molar-refractivity contribution >= 4 is 17.6 Å². The number of carbonyl (C=O) groups excluding carboxylic acids is 1. The normalized spacial score (nSPS) is 11.2. The topological polar surface area (TPSA) is 26.3 Å². The number of hydrogen-bond donors (Lipinski definition) is 0. The second kappa shape index (κ2) is 9.33. The fourth-order valence-corrected chi connectivity index (χ4v) is 0.849. The average Bonchev–Trinajstić information content (AvgIpc) is 2.11. The molecule has 0 fully saturated rings. The van der Waals surface area contributed by atoms with Gasteiger partial charge in [0.2, 0.25) is 0 Å². The second-order valence-electron chi connectivity index (χ2n) is 2.37. The maximum atomic E-state index is 10.8. The van der Waals surface area contributed by atoms with Crippen molar-refractivity contribution in [3.63, 3.8) is 0 Å². The third kappa shape index (κ3) is 9.15. The van der Waals surface area contributed by atoms with Crippen LogP contribution in [0.25, 0.3) is 0 Å². The van der Waals surface area contributed by atoms with Crippen molar-refractivity contribution in [1.29, 1.82) is 0 Å². The van der Waals surface area contributed by atoms with Crippen LogP contribution in [0.5, 0.6) is 0 Å². The molecule has 0 aromatic carbocycles. The molecule has 3 heteroatoms. The molecular weight excluding hydrogens is 188 g/mol. The molecule has 0 rings (SSSR count). The second-order valence-corrected chi connectivity index (χ2v) is 2.75. The molecule has 0 unspecified atom stereocenters. The van der Waals surface area contributed by atoms with Crippen LogP contribution in [0.4, 0.5) is 0 Å². The number of alkyl halides is 1. The van der Waals surface area contributed by atoms with Crippen LogP contribution in [-0.4, -0.2) is 18.5 Å². The van der Waals surface area contributed by atoms with E-state index in [1.807, 2.05) is 12.2 Å². The Labute approximate surface area is 84.2 Å². The molecule has 0 radical (unpaired) electrons. The quantitative estimate of drug-likeness (QED) is 0.218. The van der Waals surface area contributed by atoms with E-state index in [-0.39, 0.29) is 5.97 Å². The van der Waals surface area contributed by atoms with Crippen molar-refractivity contribution in [2.45, 2.75) is 19.8 Å². The number of hydrogen-bond acceptors (Lipinski definition) is 2. The average molecular weight is 203 g/mol. The van der Waals surface area contributed by atoms with Crippen molar-refractivity contribution in [3.8, 4) is 0 Å². The van der Waals surface area contributed by atoms with E-state index in [1.54, 1.807) is 13.0 Å². The van der Waals surface area contributed by atoms with E-state index in [0.29, 0.717) is 12.5 Å². The fourth-order valence-electron chi connectivity index (χ4n) is 0.694. The summed E-state index contributed by atoms with van der Waals surface area (Å²) in [7, 11) is 0. The summed E-state index contributed by atoms with van der Waals surface area (Å²) in [4.78, 5) is 10.8. The highest BCUT2D eigenvalue weighted by molar-refractivity contribution is 6.17. The monoisotopic (exact) mass is 202 g/mol. The summed E-state index contributed by atoms with van der Waals surface area (Å²) in [6, 6.07) is 0. The number of halogens is 1. The van der Waals surface area contributed by atoms with Gasteiger partial charge in [-0.2, -0.15) is 0 Å². The maximum absolute atomic E-state index is 10.8. The lowest BCUT2D eigenvalue weighted by Crippen LogP contribution is -1.98. The van der Waals surface area contributed by atoms with Gasteiger partial charge < -0.3 is 4.74 Å². The Hall–Kier alpha value is -0.760. The van der Waals surface area contributed by atoms with Crippen LogP contribution in [0.2, 0.25) is 0 Å². The van der Waals surface area contributed by atoms with Gasteiger partial charge in [0.15, 0.2) is 0 Å². The lowest BCUT2D eigenvalue weighted by atomic mass is 10.3. The van der Waals surface area contributed by atoms with Crippen LogP contribution in [0.15, 0.2) is 24.3 Å². The van der Waals surface area contributed by atoms with E-state index in [1.165, 1.54) is 6.08 Å². The zero-order chi connectivity index (χ0) is 9.94. The van der Waals surface area contributed by atoms with E-state index < -0.39 is 0 Å². The number of unbranched alkanes of at least 4 members (excludes halogenated alkanes) is 1. The number of esters is 1. The number of allylic oxidation sites excluding steroid dienone is 3. The van der Waals surface area contributed by atoms with Crippen LogP contribution < -0.4 is 0 Å². The van der Waals surface area contributed by atoms with Gasteiger partial charge in [-0.15, -0.1) is 11.6 Å². The van der Waals surface area contributed by atoms with E-state index in [0.717, 1.165) is 12.8 Å². The van der Waals surface area contributed by atoms with E-state index in [4.69, 9.17) is 11.6 Å². The smallest absolute Gasteiger partial charge is 0.330 e. The predicted octanol–water partition coefficient (Wildman–Crippen LogP) is 2.68. The minimum atomic E-state index is -0.301. The van der Waals surface area contributed by atoms with Crippen molar-refractivity contribution < 1.29 is 9.53 Å². The molecule has 74 valence electrons. The first-order valence-electron chi connectivity index (χ1n) is 4.37. The minimum absolute atomic E-state index is 0.301. The Morgan fingerprint density at radius 2 is 2.23 bits per heavy atom.